The van der Waals surface area contributed by atoms with Gasteiger partial charge in [-0.05, 0) is 31.3 Å². The molecule has 1 heterocycles. The van der Waals surface area contributed by atoms with Gasteiger partial charge in [-0.3, -0.25) is 9.98 Å². The average molecular weight is 160 g/mol. The molecular weight excluding hydrogens is 148 g/mol. The minimum absolute atomic E-state index is 0.903. The minimum Gasteiger partial charge on any atom is -0.269 e. The number of aliphatic imine (C=N–C) groups is 1. The van der Waals surface area contributed by atoms with E-state index in [0.717, 1.165) is 21.7 Å². The van der Waals surface area contributed by atoms with Gasteiger partial charge in [0.1, 0.15) is 0 Å². The van der Waals surface area contributed by atoms with E-state index in [2.05, 4.69) is 23.3 Å². The Balaban J connectivity index is 3.74. The van der Waals surface area contributed by atoms with Gasteiger partial charge in [-0.2, -0.15) is 0 Å². The van der Waals surface area contributed by atoms with Crippen LogP contribution in [0.4, 0.5) is 0 Å². The van der Waals surface area contributed by atoms with E-state index in [1.54, 1.807) is 12.4 Å². The summed E-state index contributed by atoms with van der Waals surface area (Å²) in [5.41, 5.74) is 1.99. The zero-order valence-electron chi connectivity index (χ0n) is 7.46. The van der Waals surface area contributed by atoms with E-state index in [1.807, 2.05) is 13.8 Å². The largest absolute Gasteiger partial charge is 0.269 e. The molecule has 0 aromatic carbocycles. The number of aryl methyl sites for hydroxylation is 1. The van der Waals surface area contributed by atoms with Crippen LogP contribution in [0.2, 0.25) is 0 Å². The number of hydrogen-bond donors (Lipinski definition) is 0. The molecule has 1 rings (SSSR count). The van der Waals surface area contributed by atoms with E-state index in [4.69, 9.17) is 0 Å². The van der Waals surface area contributed by atoms with E-state index >= 15 is 0 Å². The van der Waals surface area contributed by atoms with E-state index in [1.165, 1.54) is 0 Å². The predicted molar refractivity (Wildman–Crippen MR) is 52.4 cm³/mol. The van der Waals surface area contributed by atoms with Gasteiger partial charge in [-0.15, -0.1) is 0 Å². The molecule has 2 heteroatoms. The highest BCUT2D eigenvalue weighted by Crippen LogP contribution is 1.90. The molecule has 62 valence electrons. The first-order valence-corrected chi connectivity index (χ1v) is 3.74. The molecule has 0 N–H and O–H groups in total. The fourth-order valence-corrected chi connectivity index (χ4v) is 1.22. The Kier molecular flexibility index (Phi) is 2.38. The van der Waals surface area contributed by atoms with Crippen LogP contribution in [0, 0.1) is 6.92 Å². The van der Waals surface area contributed by atoms with Crippen molar-refractivity contribution in [3.05, 3.63) is 28.4 Å². The van der Waals surface area contributed by atoms with Crippen molar-refractivity contribution in [2.45, 2.75) is 13.8 Å². The van der Waals surface area contributed by atoms with Crippen molar-refractivity contribution in [3.63, 3.8) is 0 Å². The van der Waals surface area contributed by atoms with Gasteiger partial charge in [0.15, 0.2) is 0 Å². The molecule has 2 nitrogen and oxygen atoms in total. The molecule has 0 fully saturated rings. The zero-order chi connectivity index (χ0) is 9.14. The molecule has 0 amide bonds. The maximum atomic E-state index is 4.02. The lowest BCUT2D eigenvalue weighted by atomic mass is 10.2. The van der Waals surface area contributed by atoms with Crippen molar-refractivity contribution in [2.24, 2.45) is 4.99 Å². The Morgan fingerprint density at radius 3 is 2.67 bits per heavy atom. The first-order chi connectivity index (χ1) is 5.66. The highest BCUT2D eigenvalue weighted by Gasteiger charge is 1.92. The third-order valence-electron chi connectivity index (χ3n) is 1.81. The van der Waals surface area contributed by atoms with E-state index in [9.17, 15) is 0 Å². The van der Waals surface area contributed by atoms with Crippen LogP contribution in [0.5, 0.6) is 0 Å². The van der Waals surface area contributed by atoms with Gasteiger partial charge >= 0.3 is 0 Å². The second-order valence-electron chi connectivity index (χ2n) is 2.73. The summed E-state index contributed by atoms with van der Waals surface area (Å²) in [7, 11) is 0. The van der Waals surface area contributed by atoms with Gasteiger partial charge in [0.05, 0.1) is 0 Å². The molecule has 0 aliphatic rings. The highest BCUT2D eigenvalue weighted by atomic mass is 14.7. The summed E-state index contributed by atoms with van der Waals surface area (Å²) in [5.74, 6) is 0. The fourth-order valence-electron chi connectivity index (χ4n) is 1.22. The van der Waals surface area contributed by atoms with Crippen LogP contribution in [-0.2, 0) is 0 Å². The van der Waals surface area contributed by atoms with Gasteiger partial charge in [0, 0.05) is 23.3 Å². The van der Waals surface area contributed by atoms with Crippen LogP contribution in [0.25, 0.3) is 12.3 Å². The molecular formula is C10H12N2. The molecule has 0 saturated heterocycles. The first-order valence-electron chi connectivity index (χ1n) is 3.74. The average Bonchev–Trinajstić information content (AvgIpc) is 2.03. The molecule has 0 atom stereocenters. The summed E-state index contributed by atoms with van der Waals surface area (Å²) in [6.07, 6.45) is 3.54. The van der Waals surface area contributed by atoms with Gasteiger partial charge in [-0.25, -0.2) is 0 Å². The first kappa shape index (κ1) is 8.65. The topological polar surface area (TPSA) is 25.2 Å². The lowest BCUT2D eigenvalue weighted by Crippen LogP contribution is -2.28. The highest BCUT2D eigenvalue weighted by molar-refractivity contribution is 5.50. The van der Waals surface area contributed by atoms with Gasteiger partial charge in [0.25, 0.3) is 0 Å². The zero-order valence-corrected chi connectivity index (χ0v) is 7.46. The van der Waals surface area contributed by atoms with Crippen LogP contribution in [0.1, 0.15) is 12.5 Å². The van der Waals surface area contributed by atoms with Crippen LogP contribution < -0.4 is 10.4 Å². The third kappa shape index (κ3) is 1.42. The Morgan fingerprint density at radius 1 is 1.50 bits per heavy atom. The standard InChI is InChI=1S/C10H12N2/c1-7-5-12-6-8(2)10(7)9(3)11-4/h5-6H,1,4H2,2-3H3/b10-9-. The number of nitrogens with zero attached hydrogens (tertiary/aromatic N) is 2. The predicted octanol–water partition coefficient (Wildman–Crippen LogP) is 0.629. The maximum Gasteiger partial charge on any atom is 0.0447 e. The summed E-state index contributed by atoms with van der Waals surface area (Å²) in [5, 5.41) is 1.96. The van der Waals surface area contributed by atoms with Crippen molar-refractivity contribution in [1.29, 1.82) is 0 Å². The van der Waals surface area contributed by atoms with Crippen LogP contribution >= 0.6 is 0 Å². The normalized spacial score (nSPS) is 12.5. The molecule has 0 radical (unpaired) electrons. The minimum atomic E-state index is 0.903. The molecule has 0 aliphatic carbocycles. The van der Waals surface area contributed by atoms with Gasteiger partial charge < -0.3 is 0 Å². The molecule has 0 aliphatic heterocycles. The van der Waals surface area contributed by atoms with Crippen molar-refractivity contribution >= 4 is 19.0 Å². The van der Waals surface area contributed by atoms with E-state index in [-0.39, 0.29) is 0 Å². The summed E-state index contributed by atoms with van der Waals surface area (Å²) >= 11 is 0. The van der Waals surface area contributed by atoms with E-state index in [0.29, 0.717) is 0 Å². The summed E-state index contributed by atoms with van der Waals surface area (Å²) < 4.78 is 0. The Morgan fingerprint density at radius 2 is 2.17 bits per heavy atom. The SMILES string of the molecule is C=N/C(C)=c1\c(C)cncc1=C. The quantitative estimate of drug-likeness (QED) is 0.553. The molecule has 0 spiro atoms. The monoisotopic (exact) mass is 160 g/mol. The molecule has 1 aromatic heterocycles. The molecule has 0 unspecified atom stereocenters. The second kappa shape index (κ2) is 3.30. The number of hydrogen-bond acceptors (Lipinski definition) is 2. The van der Waals surface area contributed by atoms with Crippen molar-refractivity contribution in [1.82, 2.24) is 4.98 Å². The van der Waals surface area contributed by atoms with Crippen LogP contribution in [0.3, 0.4) is 0 Å². The number of rotatable bonds is 1. The maximum absolute atomic E-state index is 4.02. The summed E-state index contributed by atoms with van der Waals surface area (Å²) in [6, 6.07) is 0. The summed E-state index contributed by atoms with van der Waals surface area (Å²) in [6.45, 7) is 11.3. The van der Waals surface area contributed by atoms with Crippen molar-refractivity contribution < 1.29 is 0 Å². The lowest BCUT2D eigenvalue weighted by molar-refractivity contribution is 1.20. The number of aromatic nitrogens is 1. The Hall–Kier alpha value is -1.44. The van der Waals surface area contributed by atoms with Gasteiger partial charge in [0.2, 0.25) is 0 Å². The Labute approximate surface area is 72.0 Å². The van der Waals surface area contributed by atoms with Crippen LogP contribution in [0.15, 0.2) is 17.4 Å². The Bertz CT molecular complexity index is 404. The second-order valence-corrected chi connectivity index (χ2v) is 2.73. The smallest absolute Gasteiger partial charge is 0.0447 e. The van der Waals surface area contributed by atoms with Crippen LogP contribution in [-0.4, -0.2) is 11.7 Å². The number of pyridine rings is 1. The van der Waals surface area contributed by atoms with Gasteiger partial charge in [-0.1, -0.05) is 6.58 Å². The van der Waals surface area contributed by atoms with E-state index < -0.39 is 0 Å². The molecule has 0 bridgehead atoms. The fraction of sp³-hybridized carbons (Fsp3) is 0.200. The lowest BCUT2D eigenvalue weighted by Gasteiger charge is -1.96. The molecule has 12 heavy (non-hydrogen) atoms. The molecule has 0 saturated carbocycles. The molecule has 1 aromatic rings. The summed E-state index contributed by atoms with van der Waals surface area (Å²) in [4.78, 5) is 7.90. The van der Waals surface area contributed by atoms with Crippen molar-refractivity contribution in [3.8, 4) is 0 Å². The van der Waals surface area contributed by atoms with Crippen molar-refractivity contribution in [2.75, 3.05) is 0 Å². The third-order valence-corrected chi connectivity index (χ3v) is 1.81.